The Balaban J connectivity index is 1.57. The second kappa shape index (κ2) is 11.0. The normalized spacial score (nSPS) is 18.6. The summed E-state index contributed by atoms with van der Waals surface area (Å²) in [5, 5.41) is 11.9. The Morgan fingerprint density at radius 1 is 1.24 bits per heavy atom. The average Bonchev–Trinajstić information content (AvgIpc) is 3.72. The van der Waals surface area contributed by atoms with E-state index in [0.29, 0.717) is 47.5 Å². The lowest BCUT2D eigenvalue weighted by Crippen LogP contribution is -2.38. The number of nitrogen functional groups attached to an aromatic ring is 1. The molecule has 0 bridgehead atoms. The van der Waals surface area contributed by atoms with Crippen molar-refractivity contribution in [1.82, 2.24) is 14.3 Å². The summed E-state index contributed by atoms with van der Waals surface area (Å²) in [6.45, 7) is 12.6. The molecule has 224 valence electrons. The molecule has 5 N–H and O–H groups in total. The van der Waals surface area contributed by atoms with Gasteiger partial charge in [-0.2, -0.15) is 0 Å². The third-order valence-corrected chi connectivity index (χ3v) is 10.0. The zero-order valence-corrected chi connectivity index (χ0v) is 25.9. The number of anilines is 2. The van der Waals surface area contributed by atoms with E-state index >= 15 is 0 Å². The molecule has 1 aliphatic carbocycles. The third kappa shape index (κ3) is 5.42. The molecule has 2 aliphatic rings. The highest BCUT2D eigenvalue weighted by Gasteiger charge is 2.53. The van der Waals surface area contributed by atoms with Crippen molar-refractivity contribution in [2.24, 2.45) is 11.3 Å². The minimum atomic E-state index is -1.49. The molecule has 1 spiro atoms. The lowest BCUT2D eigenvalue weighted by atomic mass is 9.71. The summed E-state index contributed by atoms with van der Waals surface area (Å²) in [6.07, 6.45) is 5.26. The van der Waals surface area contributed by atoms with Crippen LogP contribution in [0.3, 0.4) is 0 Å². The van der Waals surface area contributed by atoms with Gasteiger partial charge in [0.2, 0.25) is 4.90 Å². The van der Waals surface area contributed by atoms with Gasteiger partial charge in [-0.1, -0.05) is 6.07 Å². The van der Waals surface area contributed by atoms with Crippen LogP contribution < -0.4 is 21.3 Å². The molecule has 2 aromatic heterocycles. The summed E-state index contributed by atoms with van der Waals surface area (Å²) >= 11 is -1.49. The Hall–Kier alpha value is -3.38. The van der Waals surface area contributed by atoms with Gasteiger partial charge >= 0.3 is 5.97 Å². The molecule has 1 aliphatic heterocycles. The van der Waals surface area contributed by atoms with Crippen LogP contribution in [0.1, 0.15) is 73.0 Å². The number of pyridine rings is 2. The van der Waals surface area contributed by atoms with E-state index in [2.05, 4.69) is 4.98 Å². The summed E-state index contributed by atoms with van der Waals surface area (Å²) in [6, 6.07) is 7.57. The number of hydrazine groups is 1. The first-order chi connectivity index (χ1) is 19.8. The van der Waals surface area contributed by atoms with Crippen molar-refractivity contribution >= 4 is 28.7 Å². The number of rotatable bonds is 8. The van der Waals surface area contributed by atoms with E-state index in [-0.39, 0.29) is 0 Å². The summed E-state index contributed by atoms with van der Waals surface area (Å²) in [5.41, 5.74) is 11.0. The Morgan fingerprint density at radius 2 is 1.95 bits per heavy atom. The van der Waals surface area contributed by atoms with Gasteiger partial charge in [0.1, 0.15) is 5.60 Å². The first-order valence-electron chi connectivity index (χ1n) is 14.2. The fourth-order valence-corrected chi connectivity index (χ4v) is 7.03. The van der Waals surface area contributed by atoms with E-state index in [0.717, 1.165) is 40.7 Å². The highest BCUT2D eigenvalue weighted by Crippen LogP contribution is 2.47. The van der Waals surface area contributed by atoms with Crippen molar-refractivity contribution in [2.45, 2.75) is 77.3 Å². The number of aryl methyl sites for hydroxylation is 2. The van der Waals surface area contributed by atoms with Crippen LogP contribution >= 0.6 is 0 Å². The fourth-order valence-electron chi connectivity index (χ4n) is 5.61. The Labute approximate surface area is 250 Å². The molecule has 0 saturated heterocycles. The van der Waals surface area contributed by atoms with Crippen LogP contribution in [0.15, 0.2) is 41.6 Å². The largest absolute Gasteiger partial charge is 0.593 e. The van der Waals surface area contributed by atoms with Crippen molar-refractivity contribution in [3.63, 3.8) is 0 Å². The van der Waals surface area contributed by atoms with Crippen LogP contribution in [0.4, 0.5) is 11.4 Å². The number of hydrogen-bond donors (Lipinski definition) is 3. The molecule has 3 aromatic rings. The van der Waals surface area contributed by atoms with E-state index in [1.807, 2.05) is 56.3 Å². The summed E-state index contributed by atoms with van der Waals surface area (Å²) in [5.74, 6) is 5.02. The van der Waals surface area contributed by atoms with E-state index in [1.165, 1.54) is 0 Å². The van der Waals surface area contributed by atoms with Crippen LogP contribution in [0.2, 0.25) is 0 Å². The number of nitrogens with zero attached hydrogens (tertiary/aromatic N) is 4. The molecule has 0 amide bonds. The van der Waals surface area contributed by atoms with Gasteiger partial charge in [0, 0.05) is 36.6 Å². The van der Waals surface area contributed by atoms with E-state index < -0.39 is 34.3 Å². The van der Waals surface area contributed by atoms with Crippen molar-refractivity contribution in [1.29, 1.82) is 0 Å². The molecule has 2 atom stereocenters. The number of nitrogens with two attached hydrogens (primary N) is 2. The maximum atomic E-state index is 13.9. The zero-order valence-electron chi connectivity index (χ0n) is 25.1. The van der Waals surface area contributed by atoms with Crippen molar-refractivity contribution in [3.05, 3.63) is 70.2 Å². The minimum Gasteiger partial charge on any atom is -0.593 e. The second-order valence-corrected chi connectivity index (χ2v) is 13.6. The topological polar surface area (TPSA) is 154 Å². The quantitative estimate of drug-likeness (QED) is 0.149. The molecule has 0 radical (unpaired) electrons. The predicted octanol–water partition coefficient (Wildman–Crippen LogP) is 4.38. The van der Waals surface area contributed by atoms with Crippen molar-refractivity contribution in [3.8, 4) is 5.88 Å². The Kier molecular flexibility index (Phi) is 7.90. The highest BCUT2D eigenvalue weighted by molar-refractivity contribution is 7.89. The van der Waals surface area contributed by atoms with Gasteiger partial charge in [0.25, 0.3) is 5.88 Å². The smallest absolute Gasteiger partial charge is 0.310 e. The molecule has 42 heavy (non-hydrogen) atoms. The molecule has 3 heterocycles. The van der Waals surface area contributed by atoms with E-state index in [1.54, 1.807) is 31.3 Å². The Bertz CT molecular complexity index is 1530. The van der Waals surface area contributed by atoms with Gasteiger partial charge in [0.05, 0.1) is 41.2 Å². The number of aliphatic carboxylic acids is 1. The van der Waals surface area contributed by atoms with Gasteiger partial charge in [-0.3, -0.25) is 9.78 Å². The fraction of sp³-hybridized carbons (Fsp3) is 0.452. The number of benzene rings is 1. The maximum absolute atomic E-state index is 13.9. The van der Waals surface area contributed by atoms with Gasteiger partial charge in [-0.05, 0) is 94.3 Å². The van der Waals surface area contributed by atoms with E-state index in [9.17, 15) is 14.5 Å². The van der Waals surface area contributed by atoms with Crippen LogP contribution in [-0.2, 0) is 22.7 Å². The molecule has 2 unspecified atom stereocenters. The zero-order chi connectivity index (χ0) is 30.6. The molecule has 1 aromatic carbocycles. The monoisotopic (exact) mass is 592 g/mol. The SMILES string of the molecule is CCN(N)c1ccc(C(c2cc(CN3CC4(CC4)Oc4ncc(C)cc4[S+]3[O-])c(C)cn2)C(C)(C)C(=O)O)c(C)c1N. The first kappa shape index (κ1) is 30.1. The van der Waals surface area contributed by atoms with Crippen LogP contribution in [-0.4, -0.2) is 48.6 Å². The van der Waals surface area contributed by atoms with Crippen LogP contribution in [0, 0.1) is 26.2 Å². The number of aromatic nitrogens is 2. The predicted molar refractivity (Wildman–Crippen MR) is 163 cm³/mol. The molecular weight excluding hydrogens is 552 g/mol. The third-order valence-electron chi connectivity index (χ3n) is 8.61. The lowest BCUT2D eigenvalue weighted by molar-refractivity contribution is -0.147. The van der Waals surface area contributed by atoms with Gasteiger partial charge in [-0.15, -0.1) is 4.31 Å². The minimum absolute atomic E-state index is 0.380. The van der Waals surface area contributed by atoms with Crippen LogP contribution in [0.25, 0.3) is 0 Å². The Morgan fingerprint density at radius 3 is 2.60 bits per heavy atom. The van der Waals surface area contributed by atoms with E-state index in [4.69, 9.17) is 21.3 Å². The second-order valence-electron chi connectivity index (χ2n) is 12.1. The van der Waals surface area contributed by atoms with Crippen LogP contribution in [0.5, 0.6) is 5.88 Å². The summed E-state index contributed by atoms with van der Waals surface area (Å²) in [4.78, 5) is 22.4. The molecule has 1 fully saturated rings. The van der Waals surface area contributed by atoms with Gasteiger partial charge in [0.15, 0.2) is 0 Å². The number of carboxylic acids is 1. The molecular formula is C31H40N6O4S. The number of carboxylic acid groups (broad SMARTS) is 1. The molecule has 1 saturated carbocycles. The average molecular weight is 593 g/mol. The molecule has 5 rings (SSSR count). The van der Waals surface area contributed by atoms with Gasteiger partial charge < -0.3 is 25.1 Å². The maximum Gasteiger partial charge on any atom is 0.310 e. The van der Waals surface area contributed by atoms with Crippen molar-refractivity contribution in [2.75, 3.05) is 23.8 Å². The summed E-state index contributed by atoms with van der Waals surface area (Å²) in [7, 11) is 0. The molecule has 10 nitrogen and oxygen atoms in total. The number of ether oxygens (including phenoxy) is 1. The number of hydrogen-bond acceptors (Lipinski definition) is 9. The standard InChI is InChI=1S/C31H40N6O4S/c1-7-37(33)24-9-8-22(20(4)27(24)32)26(30(5,6)29(38)39)23-13-21(19(3)15-34-23)16-36-17-31(10-11-31)41-28-25(42(36)40)12-18(2)14-35-28/h8-9,12-15,26H,7,10-11,16-17,32-33H2,1-6H3,(H,38,39). The van der Waals surface area contributed by atoms with Gasteiger partial charge in [-0.25, -0.2) is 10.8 Å². The molecule has 11 heteroatoms. The number of carbonyl (C=O) groups is 1. The highest BCUT2D eigenvalue weighted by atomic mass is 32.2. The lowest BCUT2D eigenvalue weighted by Gasteiger charge is -2.33. The van der Waals surface area contributed by atoms with Crippen molar-refractivity contribution < 1.29 is 19.2 Å². The number of fused-ring (bicyclic) bond motifs is 1. The summed E-state index contributed by atoms with van der Waals surface area (Å²) < 4.78 is 22.1. The first-order valence-corrected chi connectivity index (χ1v) is 15.3.